The Morgan fingerprint density at radius 1 is 1.58 bits per heavy atom. The van der Waals surface area contributed by atoms with Gasteiger partial charge in [0.05, 0.1) is 6.54 Å². The molecule has 3 rings (SSSR count). The van der Waals surface area contributed by atoms with Crippen molar-refractivity contribution < 1.29 is 0 Å². The summed E-state index contributed by atoms with van der Waals surface area (Å²) in [6.07, 6.45) is -0.479. The summed E-state index contributed by atoms with van der Waals surface area (Å²) in [5, 5.41) is 4.99. The van der Waals surface area contributed by atoms with Gasteiger partial charge in [-0.15, -0.1) is 11.3 Å². The fraction of sp³-hybridized carbons (Fsp3) is 0.273. The number of nitrogens with zero attached hydrogens (tertiary/aromatic N) is 2. The highest BCUT2D eigenvalue weighted by Gasteiger charge is 2.30. The van der Waals surface area contributed by atoms with Crippen molar-refractivity contribution in [3.63, 3.8) is 0 Å². The van der Waals surface area contributed by atoms with Crippen LogP contribution >= 0.6 is 11.3 Å². The SMILES string of the molecule is Cc1csc(CN2c3nc(N)[nH]c(=O)c3NC2N)c1. The number of hydrogen-bond acceptors (Lipinski definition) is 7. The van der Waals surface area contributed by atoms with E-state index < -0.39 is 6.29 Å². The number of nitrogens with two attached hydrogens (primary N) is 2. The maximum Gasteiger partial charge on any atom is 0.277 e. The van der Waals surface area contributed by atoms with Gasteiger partial charge in [-0.3, -0.25) is 15.5 Å². The molecule has 100 valence electrons. The van der Waals surface area contributed by atoms with E-state index >= 15 is 0 Å². The van der Waals surface area contributed by atoms with Crippen molar-refractivity contribution in [3.05, 3.63) is 32.2 Å². The van der Waals surface area contributed by atoms with Crippen molar-refractivity contribution in [2.75, 3.05) is 16.0 Å². The molecule has 0 saturated carbocycles. The molecule has 8 heteroatoms. The van der Waals surface area contributed by atoms with Gasteiger partial charge in [-0.1, -0.05) is 0 Å². The van der Waals surface area contributed by atoms with E-state index in [9.17, 15) is 4.79 Å². The van der Waals surface area contributed by atoms with Gasteiger partial charge >= 0.3 is 0 Å². The van der Waals surface area contributed by atoms with Crippen LogP contribution in [0.2, 0.25) is 0 Å². The normalized spacial score (nSPS) is 17.4. The van der Waals surface area contributed by atoms with E-state index in [0.29, 0.717) is 18.1 Å². The van der Waals surface area contributed by atoms with E-state index in [1.165, 1.54) is 5.56 Å². The van der Waals surface area contributed by atoms with Crippen molar-refractivity contribution in [1.29, 1.82) is 0 Å². The first-order chi connectivity index (χ1) is 9.04. The lowest BCUT2D eigenvalue weighted by molar-refractivity contribution is 0.696. The van der Waals surface area contributed by atoms with Crippen LogP contribution in [0.25, 0.3) is 0 Å². The lowest BCUT2D eigenvalue weighted by Crippen LogP contribution is -2.42. The van der Waals surface area contributed by atoms with E-state index in [0.717, 1.165) is 4.88 Å². The molecule has 2 aromatic rings. The highest BCUT2D eigenvalue weighted by atomic mass is 32.1. The lowest BCUT2D eigenvalue weighted by Gasteiger charge is -2.21. The molecule has 0 saturated heterocycles. The molecule has 3 heterocycles. The number of fused-ring (bicyclic) bond motifs is 1. The monoisotopic (exact) mass is 278 g/mol. The minimum absolute atomic E-state index is 0.0898. The fourth-order valence-corrected chi connectivity index (χ4v) is 2.96. The van der Waals surface area contributed by atoms with Gasteiger partial charge in [-0.25, -0.2) is 0 Å². The number of aryl methyl sites for hydroxylation is 1. The van der Waals surface area contributed by atoms with Gasteiger partial charge in [0.2, 0.25) is 5.95 Å². The number of nitrogens with one attached hydrogen (secondary N) is 2. The number of hydrogen-bond donors (Lipinski definition) is 4. The number of aromatic nitrogens is 2. The Bertz CT molecular complexity index is 678. The van der Waals surface area contributed by atoms with E-state index in [4.69, 9.17) is 11.5 Å². The summed E-state index contributed by atoms with van der Waals surface area (Å²) in [6.45, 7) is 2.63. The first-order valence-corrected chi connectivity index (χ1v) is 6.65. The molecule has 19 heavy (non-hydrogen) atoms. The average molecular weight is 278 g/mol. The average Bonchev–Trinajstić information content (AvgIpc) is 2.87. The Balaban J connectivity index is 1.98. The number of H-pyrrole nitrogens is 1. The zero-order valence-corrected chi connectivity index (χ0v) is 11.1. The fourth-order valence-electron chi connectivity index (χ4n) is 2.09. The highest BCUT2D eigenvalue weighted by molar-refractivity contribution is 7.10. The highest BCUT2D eigenvalue weighted by Crippen LogP contribution is 2.30. The topological polar surface area (TPSA) is 113 Å². The Morgan fingerprint density at radius 3 is 3.05 bits per heavy atom. The third-order valence-electron chi connectivity index (χ3n) is 2.93. The van der Waals surface area contributed by atoms with Gasteiger partial charge in [0.1, 0.15) is 5.69 Å². The first kappa shape index (κ1) is 12.0. The van der Waals surface area contributed by atoms with Crippen molar-refractivity contribution in [3.8, 4) is 0 Å². The van der Waals surface area contributed by atoms with Crippen molar-refractivity contribution in [2.24, 2.45) is 5.73 Å². The van der Waals surface area contributed by atoms with Crippen molar-refractivity contribution in [2.45, 2.75) is 19.8 Å². The molecule has 0 aromatic carbocycles. The summed E-state index contributed by atoms with van der Waals surface area (Å²) < 4.78 is 0. The molecule has 2 aromatic heterocycles. The molecule has 1 aliphatic rings. The zero-order valence-electron chi connectivity index (χ0n) is 10.3. The van der Waals surface area contributed by atoms with Gasteiger partial charge in [-0.05, 0) is 23.9 Å². The Labute approximate surface area is 113 Å². The standard InChI is InChI=1S/C11H14N6OS/c1-5-2-6(19-4-5)3-17-8-7(14-11(17)13)9(18)16-10(12)15-8/h2,4,11,14H,3,13H2,1H3,(H3,12,15,16,18). The molecule has 0 bridgehead atoms. The van der Waals surface area contributed by atoms with Crippen LogP contribution in [0.4, 0.5) is 17.5 Å². The molecular formula is C11H14N6OS. The first-order valence-electron chi connectivity index (χ1n) is 5.77. The largest absolute Gasteiger partial charge is 0.369 e. The molecule has 0 fully saturated rings. The van der Waals surface area contributed by atoms with Crippen molar-refractivity contribution in [1.82, 2.24) is 9.97 Å². The van der Waals surface area contributed by atoms with Gasteiger partial charge in [0.15, 0.2) is 12.1 Å². The summed E-state index contributed by atoms with van der Waals surface area (Å²) in [5.41, 5.74) is 12.8. The molecule has 1 unspecified atom stereocenters. The number of nitrogen functional groups attached to an aromatic ring is 1. The molecule has 7 nitrogen and oxygen atoms in total. The second-order valence-corrected chi connectivity index (χ2v) is 5.45. The summed E-state index contributed by atoms with van der Waals surface area (Å²) >= 11 is 1.65. The van der Waals surface area contributed by atoms with E-state index in [1.54, 1.807) is 11.3 Å². The predicted molar refractivity (Wildman–Crippen MR) is 76.1 cm³/mol. The van der Waals surface area contributed by atoms with Crippen LogP contribution in [-0.2, 0) is 6.54 Å². The summed E-state index contributed by atoms with van der Waals surface area (Å²) in [6, 6.07) is 2.09. The predicted octanol–water partition coefficient (Wildman–Crippen LogP) is 0.396. The Morgan fingerprint density at radius 2 is 2.37 bits per heavy atom. The number of rotatable bonds is 2. The van der Waals surface area contributed by atoms with Crippen LogP contribution in [-0.4, -0.2) is 16.3 Å². The molecule has 0 aliphatic carbocycles. The number of anilines is 3. The Kier molecular flexibility index (Phi) is 2.68. The molecule has 0 amide bonds. The van der Waals surface area contributed by atoms with E-state index in [-0.39, 0.29) is 11.5 Å². The van der Waals surface area contributed by atoms with Crippen LogP contribution in [0.15, 0.2) is 16.2 Å². The minimum atomic E-state index is -0.479. The molecule has 0 spiro atoms. The summed E-state index contributed by atoms with van der Waals surface area (Å²) in [5.74, 6) is 0.590. The second kappa shape index (κ2) is 4.25. The quantitative estimate of drug-likeness (QED) is 0.632. The van der Waals surface area contributed by atoms with Crippen molar-refractivity contribution >= 4 is 28.8 Å². The van der Waals surface area contributed by atoms with Gasteiger partial charge in [0, 0.05) is 4.88 Å². The molecule has 0 radical (unpaired) electrons. The van der Waals surface area contributed by atoms with Gasteiger partial charge < -0.3 is 16.0 Å². The minimum Gasteiger partial charge on any atom is -0.369 e. The summed E-state index contributed by atoms with van der Waals surface area (Å²) in [7, 11) is 0. The van der Waals surface area contributed by atoms with Crippen LogP contribution < -0.4 is 27.2 Å². The third-order valence-corrected chi connectivity index (χ3v) is 3.97. The zero-order chi connectivity index (χ0) is 13.6. The van der Waals surface area contributed by atoms with E-state index in [2.05, 4.69) is 26.7 Å². The Hall–Kier alpha value is -2.06. The maximum absolute atomic E-state index is 11.8. The maximum atomic E-state index is 11.8. The molecule has 1 atom stereocenters. The van der Waals surface area contributed by atoms with Gasteiger partial charge in [-0.2, -0.15) is 4.98 Å². The number of aromatic amines is 1. The van der Waals surface area contributed by atoms with E-state index in [1.807, 2.05) is 11.8 Å². The van der Waals surface area contributed by atoms with Crippen LogP contribution in [0, 0.1) is 6.92 Å². The third kappa shape index (κ3) is 2.04. The molecule has 1 aliphatic heterocycles. The lowest BCUT2D eigenvalue weighted by atomic mass is 10.3. The number of thiophene rings is 1. The van der Waals surface area contributed by atoms with Crippen LogP contribution in [0.5, 0.6) is 0 Å². The van der Waals surface area contributed by atoms with Crippen LogP contribution in [0.1, 0.15) is 10.4 Å². The van der Waals surface area contributed by atoms with Crippen LogP contribution in [0.3, 0.4) is 0 Å². The second-order valence-electron chi connectivity index (χ2n) is 4.46. The summed E-state index contributed by atoms with van der Waals surface area (Å²) in [4.78, 5) is 21.4. The molecule has 6 N–H and O–H groups in total. The smallest absolute Gasteiger partial charge is 0.277 e. The van der Waals surface area contributed by atoms with Gasteiger partial charge in [0.25, 0.3) is 5.56 Å². The molecular weight excluding hydrogens is 264 g/mol.